The van der Waals surface area contributed by atoms with Gasteiger partial charge in [0.2, 0.25) is 0 Å². The van der Waals surface area contributed by atoms with E-state index in [4.69, 9.17) is 9.47 Å². The third-order valence-corrected chi connectivity index (χ3v) is 5.74. The van der Waals surface area contributed by atoms with Crippen LogP contribution >= 0.6 is 0 Å². The van der Waals surface area contributed by atoms with Crippen molar-refractivity contribution in [1.29, 1.82) is 0 Å². The molecule has 0 saturated heterocycles. The third-order valence-electron chi connectivity index (χ3n) is 5.74. The van der Waals surface area contributed by atoms with E-state index in [-0.39, 0.29) is 11.5 Å². The number of esters is 1. The summed E-state index contributed by atoms with van der Waals surface area (Å²) in [5, 5.41) is 10.7. The van der Waals surface area contributed by atoms with Gasteiger partial charge in [-0.2, -0.15) is 0 Å². The summed E-state index contributed by atoms with van der Waals surface area (Å²) < 4.78 is 11.2. The Balaban J connectivity index is 1.46. The zero-order valence-electron chi connectivity index (χ0n) is 20.9. The molecule has 3 aromatic rings. The van der Waals surface area contributed by atoms with Crippen LogP contribution in [0.4, 0.5) is 5.69 Å². The predicted octanol–water partition coefficient (Wildman–Crippen LogP) is 7.45. The molecule has 0 heterocycles. The average Bonchev–Trinajstić information content (AvgIpc) is 2.92. The SMILES string of the molecule is CCCCCCCCOc1ccc(C(=O)Oc2ccc(C(=O)/C=C/c3ccc([N+](=O)[O-])cc3)cc2)cc1. The van der Waals surface area contributed by atoms with Gasteiger partial charge in [-0.15, -0.1) is 0 Å². The minimum atomic E-state index is -0.500. The number of nitro groups is 1. The molecule has 3 rings (SSSR count). The summed E-state index contributed by atoms with van der Waals surface area (Å²) in [6.07, 6.45) is 10.2. The van der Waals surface area contributed by atoms with Gasteiger partial charge in [-0.25, -0.2) is 4.79 Å². The van der Waals surface area contributed by atoms with Gasteiger partial charge in [-0.1, -0.05) is 45.1 Å². The molecule has 0 radical (unpaired) electrons. The van der Waals surface area contributed by atoms with Gasteiger partial charge in [-0.3, -0.25) is 14.9 Å². The van der Waals surface area contributed by atoms with Crippen LogP contribution in [0, 0.1) is 10.1 Å². The maximum atomic E-state index is 12.5. The van der Waals surface area contributed by atoms with Crippen LogP contribution in [0.2, 0.25) is 0 Å². The monoisotopic (exact) mass is 501 g/mol. The maximum Gasteiger partial charge on any atom is 0.343 e. The maximum absolute atomic E-state index is 12.5. The number of nitrogens with zero attached hydrogens (tertiary/aromatic N) is 1. The number of rotatable bonds is 14. The zero-order valence-corrected chi connectivity index (χ0v) is 20.9. The second-order valence-electron chi connectivity index (χ2n) is 8.60. The lowest BCUT2D eigenvalue weighted by atomic mass is 10.1. The first-order valence-corrected chi connectivity index (χ1v) is 12.5. The number of ether oxygens (including phenoxy) is 2. The van der Waals surface area contributed by atoms with Crippen molar-refractivity contribution in [2.24, 2.45) is 0 Å². The number of benzene rings is 3. The number of carbonyl (C=O) groups is 2. The number of ketones is 1. The molecule has 0 aliphatic rings. The van der Waals surface area contributed by atoms with E-state index < -0.39 is 10.9 Å². The van der Waals surface area contributed by atoms with E-state index in [0.717, 1.165) is 18.6 Å². The number of carbonyl (C=O) groups excluding carboxylic acids is 2. The number of unbranched alkanes of at least 4 members (excludes halogenated alkanes) is 5. The lowest BCUT2D eigenvalue weighted by molar-refractivity contribution is -0.384. The molecule has 3 aromatic carbocycles. The van der Waals surface area contributed by atoms with Gasteiger partial charge < -0.3 is 9.47 Å². The summed E-state index contributed by atoms with van der Waals surface area (Å²) in [5.41, 5.74) is 1.48. The average molecular weight is 502 g/mol. The lowest BCUT2D eigenvalue weighted by Gasteiger charge is -2.08. The molecular weight excluding hydrogens is 470 g/mol. The molecule has 0 unspecified atom stereocenters. The highest BCUT2D eigenvalue weighted by Gasteiger charge is 2.10. The Bertz CT molecular complexity index is 1200. The van der Waals surface area contributed by atoms with E-state index in [1.165, 1.54) is 43.9 Å². The summed E-state index contributed by atoms with van der Waals surface area (Å²) in [6.45, 7) is 2.86. The van der Waals surface area contributed by atoms with Gasteiger partial charge in [0.05, 0.1) is 17.1 Å². The van der Waals surface area contributed by atoms with Crippen LogP contribution in [0.25, 0.3) is 6.08 Å². The van der Waals surface area contributed by atoms with Gasteiger partial charge in [0.15, 0.2) is 5.78 Å². The molecule has 7 nitrogen and oxygen atoms in total. The zero-order chi connectivity index (χ0) is 26.5. The predicted molar refractivity (Wildman–Crippen MR) is 143 cm³/mol. The quantitative estimate of drug-likeness (QED) is 0.0433. The molecule has 0 saturated carbocycles. The first-order valence-electron chi connectivity index (χ1n) is 12.5. The van der Waals surface area contributed by atoms with Gasteiger partial charge in [0.25, 0.3) is 5.69 Å². The summed E-state index contributed by atoms with van der Waals surface area (Å²) in [7, 11) is 0. The molecule has 0 N–H and O–H groups in total. The van der Waals surface area contributed by atoms with Gasteiger partial charge in [0.1, 0.15) is 11.5 Å². The van der Waals surface area contributed by atoms with E-state index in [2.05, 4.69) is 6.92 Å². The van der Waals surface area contributed by atoms with E-state index in [0.29, 0.717) is 29.0 Å². The van der Waals surface area contributed by atoms with Gasteiger partial charge in [0, 0.05) is 17.7 Å². The molecule has 37 heavy (non-hydrogen) atoms. The Kier molecular flexibility index (Phi) is 10.6. The Morgan fingerprint density at radius 2 is 1.38 bits per heavy atom. The Morgan fingerprint density at radius 1 is 0.784 bits per heavy atom. The van der Waals surface area contributed by atoms with Crippen molar-refractivity contribution in [1.82, 2.24) is 0 Å². The summed E-state index contributed by atoms with van der Waals surface area (Å²) >= 11 is 0. The van der Waals surface area contributed by atoms with Crippen LogP contribution in [0.5, 0.6) is 11.5 Å². The van der Waals surface area contributed by atoms with Crippen molar-refractivity contribution >= 4 is 23.5 Å². The van der Waals surface area contributed by atoms with Crippen LogP contribution in [-0.2, 0) is 0 Å². The largest absolute Gasteiger partial charge is 0.494 e. The fourth-order valence-electron chi connectivity index (χ4n) is 3.59. The second kappa shape index (κ2) is 14.3. The first-order chi connectivity index (χ1) is 18.0. The highest BCUT2D eigenvalue weighted by Crippen LogP contribution is 2.18. The van der Waals surface area contributed by atoms with Crippen molar-refractivity contribution in [2.45, 2.75) is 45.4 Å². The van der Waals surface area contributed by atoms with E-state index >= 15 is 0 Å². The Morgan fingerprint density at radius 3 is 2.03 bits per heavy atom. The number of hydrogen-bond acceptors (Lipinski definition) is 6. The van der Waals surface area contributed by atoms with Crippen LogP contribution in [0.1, 0.15) is 71.7 Å². The number of nitro benzene ring substituents is 1. The molecule has 0 atom stereocenters. The van der Waals surface area contributed by atoms with Crippen LogP contribution in [0.3, 0.4) is 0 Å². The second-order valence-corrected chi connectivity index (χ2v) is 8.60. The normalized spacial score (nSPS) is 10.8. The van der Waals surface area contributed by atoms with E-state index in [9.17, 15) is 19.7 Å². The van der Waals surface area contributed by atoms with Crippen molar-refractivity contribution in [3.05, 3.63) is 106 Å². The third kappa shape index (κ3) is 9.04. The molecule has 0 spiro atoms. The molecule has 0 amide bonds. The van der Waals surface area contributed by atoms with Crippen molar-refractivity contribution < 1.29 is 24.0 Å². The molecule has 0 aliphatic heterocycles. The Labute approximate surface area is 216 Å². The topological polar surface area (TPSA) is 95.7 Å². The summed E-state index contributed by atoms with van der Waals surface area (Å²) in [5.74, 6) is 0.298. The number of allylic oxidation sites excluding steroid dienone is 1. The van der Waals surface area contributed by atoms with Gasteiger partial charge in [-0.05, 0) is 78.7 Å². The molecule has 192 valence electrons. The fourth-order valence-corrected chi connectivity index (χ4v) is 3.59. The Hall–Kier alpha value is -4.26. The smallest absolute Gasteiger partial charge is 0.343 e. The highest BCUT2D eigenvalue weighted by atomic mass is 16.6. The molecular formula is C30H31NO6. The standard InChI is InChI=1S/C30H31NO6/c1-2-3-4-5-6-7-22-36-27-17-13-25(14-18-27)30(33)37-28-19-11-24(12-20-28)29(32)21-10-23-8-15-26(16-9-23)31(34)35/h8-21H,2-7,22H2,1H3/b21-10+. The molecule has 7 heteroatoms. The first kappa shape index (κ1) is 27.3. The molecule has 0 aromatic heterocycles. The molecule has 0 fully saturated rings. The van der Waals surface area contributed by atoms with Crippen molar-refractivity contribution in [3.63, 3.8) is 0 Å². The minimum Gasteiger partial charge on any atom is -0.494 e. The number of hydrogen-bond donors (Lipinski definition) is 0. The highest BCUT2D eigenvalue weighted by molar-refractivity contribution is 6.06. The van der Waals surface area contributed by atoms with Crippen LogP contribution in [0.15, 0.2) is 78.9 Å². The van der Waals surface area contributed by atoms with Crippen LogP contribution in [-0.4, -0.2) is 23.3 Å². The molecule has 0 aliphatic carbocycles. The van der Waals surface area contributed by atoms with Crippen LogP contribution < -0.4 is 9.47 Å². The minimum absolute atomic E-state index is 0.0126. The van der Waals surface area contributed by atoms with Gasteiger partial charge >= 0.3 is 5.97 Å². The molecule has 0 bridgehead atoms. The lowest BCUT2D eigenvalue weighted by Crippen LogP contribution is -2.08. The van der Waals surface area contributed by atoms with Crippen molar-refractivity contribution in [3.8, 4) is 11.5 Å². The van der Waals surface area contributed by atoms with E-state index in [1.807, 2.05) is 0 Å². The summed E-state index contributed by atoms with van der Waals surface area (Å²) in [6, 6.07) is 19.0. The fraction of sp³-hybridized carbons (Fsp3) is 0.267. The summed E-state index contributed by atoms with van der Waals surface area (Å²) in [4.78, 5) is 35.1. The van der Waals surface area contributed by atoms with Crippen molar-refractivity contribution in [2.75, 3.05) is 6.61 Å². The number of non-ortho nitro benzene ring substituents is 1. The van der Waals surface area contributed by atoms with E-state index in [1.54, 1.807) is 66.7 Å².